The van der Waals surface area contributed by atoms with E-state index in [4.69, 9.17) is 4.74 Å². The van der Waals surface area contributed by atoms with Crippen molar-refractivity contribution in [2.24, 2.45) is 0 Å². The topological polar surface area (TPSA) is 81.9 Å². The Bertz CT molecular complexity index is 651. The number of piperidine rings is 1. The number of nitro groups is 1. The minimum absolute atomic E-state index is 0.0595. The molecule has 2 atom stereocenters. The van der Waals surface area contributed by atoms with Gasteiger partial charge in [-0.15, -0.1) is 0 Å². The van der Waals surface area contributed by atoms with Gasteiger partial charge in [0.25, 0.3) is 0 Å². The number of hydrogen-bond acceptors (Lipinski definition) is 6. The van der Waals surface area contributed by atoms with E-state index in [1.165, 1.54) is 24.8 Å². The van der Waals surface area contributed by atoms with Gasteiger partial charge in [-0.1, -0.05) is 26.6 Å². The van der Waals surface area contributed by atoms with Crippen LogP contribution in [0.4, 0.5) is 5.69 Å². The molecule has 0 aromatic heterocycles. The second kappa shape index (κ2) is 9.07. The van der Waals surface area contributed by atoms with Crippen LogP contribution in [0.15, 0.2) is 23.8 Å². The van der Waals surface area contributed by atoms with Gasteiger partial charge in [-0.3, -0.25) is 14.8 Å². The van der Waals surface area contributed by atoms with Gasteiger partial charge in [0, 0.05) is 19.2 Å². The van der Waals surface area contributed by atoms with Crippen molar-refractivity contribution in [2.75, 3.05) is 26.8 Å². The summed E-state index contributed by atoms with van der Waals surface area (Å²) in [5.74, 6) is -0.527. The molecule has 2 unspecified atom stereocenters. The van der Waals surface area contributed by atoms with Crippen LogP contribution in [0.1, 0.15) is 18.4 Å². The maximum absolute atomic E-state index is 11.3. The second-order valence-corrected chi connectivity index (χ2v) is 6.97. The minimum atomic E-state index is -0.587. The molecule has 1 saturated heterocycles. The Balaban J connectivity index is 2.18. The lowest BCUT2D eigenvalue weighted by Gasteiger charge is -2.26. The third kappa shape index (κ3) is 5.23. The lowest BCUT2D eigenvalue weighted by Crippen LogP contribution is -2.22. The second-order valence-electron chi connectivity index (χ2n) is 5.31. The molecule has 130 valence electrons. The summed E-state index contributed by atoms with van der Waals surface area (Å²) >= 11 is 0. The van der Waals surface area contributed by atoms with E-state index in [2.05, 4.69) is 18.3 Å². The molecule has 9 heteroatoms. The van der Waals surface area contributed by atoms with Crippen molar-refractivity contribution in [3.8, 4) is 5.75 Å². The number of nitro benzene ring substituents is 1. The van der Waals surface area contributed by atoms with Gasteiger partial charge in [-0.25, -0.2) is 4.79 Å². The third-order valence-corrected chi connectivity index (χ3v) is 5.47. The standard InChI is InChI=1S/C15H20N2O5P2/c1-21-15(18)10-22-14-5-4-11(8-13(14)17(19)20)7-12-3-2-6-16(9-12)24-23/h4-5,7-8,24H,2-3,6,9-10,23H2,1H3/b12-7+. The molecule has 2 rings (SSSR count). The maximum atomic E-state index is 11.3. The molecule has 1 aromatic carbocycles. The lowest BCUT2D eigenvalue weighted by atomic mass is 10.0. The number of rotatable bonds is 6. The van der Waals surface area contributed by atoms with Gasteiger partial charge in [-0.05, 0) is 32.9 Å². The molecule has 0 aliphatic carbocycles. The Morgan fingerprint density at radius 2 is 2.33 bits per heavy atom. The van der Waals surface area contributed by atoms with Gasteiger partial charge in [0.1, 0.15) is 0 Å². The van der Waals surface area contributed by atoms with Gasteiger partial charge in [0.15, 0.2) is 12.4 Å². The van der Waals surface area contributed by atoms with E-state index in [9.17, 15) is 14.9 Å². The molecule has 1 aliphatic heterocycles. The summed E-state index contributed by atoms with van der Waals surface area (Å²) in [5.41, 5.74) is 1.86. The van der Waals surface area contributed by atoms with Crippen LogP contribution >= 0.6 is 17.3 Å². The smallest absolute Gasteiger partial charge is 0.343 e. The Morgan fingerprint density at radius 3 is 3.00 bits per heavy atom. The number of carbonyl (C=O) groups excluding carboxylic acids is 1. The van der Waals surface area contributed by atoms with Gasteiger partial charge in [-0.2, -0.15) is 0 Å². The molecule has 1 aliphatic rings. The number of ether oxygens (including phenoxy) is 2. The Morgan fingerprint density at radius 1 is 1.54 bits per heavy atom. The maximum Gasteiger partial charge on any atom is 0.343 e. The van der Waals surface area contributed by atoms with E-state index in [1.807, 2.05) is 6.08 Å². The van der Waals surface area contributed by atoms with E-state index >= 15 is 0 Å². The van der Waals surface area contributed by atoms with Crippen LogP contribution in [-0.4, -0.2) is 42.4 Å². The molecule has 0 saturated carbocycles. The number of hydrogen-bond donors (Lipinski definition) is 0. The highest BCUT2D eigenvalue weighted by Gasteiger charge is 2.18. The summed E-state index contributed by atoms with van der Waals surface area (Å²) < 4.78 is 12.0. The SMILES string of the molecule is COC(=O)COc1ccc(/C=C2\CCCN(PP)C2)cc1[N+](=O)[O-]. The van der Waals surface area contributed by atoms with Gasteiger partial charge < -0.3 is 9.47 Å². The molecular weight excluding hydrogens is 350 g/mol. The Kier molecular flexibility index (Phi) is 7.10. The summed E-state index contributed by atoms with van der Waals surface area (Å²) in [6.07, 6.45) is 4.09. The molecule has 1 aromatic rings. The van der Waals surface area contributed by atoms with Gasteiger partial charge in [0.05, 0.1) is 12.0 Å². The van der Waals surface area contributed by atoms with Crippen molar-refractivity contribution in [1.82, 2.24) is 4.67 Å². The highest BCUT2D eigenvalue weighted by atomic mass is 32.0. The van der Waals surface area contributed by atoms with Crippen LogP contribution in [-0.2, 0) is 9.53 Å². The first-order valence-electron chi connectivity index (χ1n) is 7.42. The zero-order chi connectivity index (χ0) is 17.5. The molecule has 24 heavy (non-hydrogen) atoms. The molecule has 0 amide bonds. The van der Waals surface area contributed by atoms with E-state index in [0.29, 0.717) is 8.42 Å². The van der Waals surface area contributed by atoms with E-state index in [-0.39, 0.29) is 18.0 Å². The molecular formula is C15H20N2O5P2. The zero-order valence-electron chi connectivity index (χ0n) is 13.4. The molecule has 1 heterocycles. The fourth-order valence-electron chi connectivity index (χ4n) is 2.45. The monoisotopic (exact) mass is 370 g/mol. The van der Waals surface area contributed by atoms with E-state index in [0.717, 1.165) is 31.5 Å². The molecule has 7 nitrogen and oxygen atoms in total. The first kappa shape index (κ1) is 18.8. The summed E-state index contributed by atoms with van der Waals surface area (Å²) in [4.78, 5) is 21.9. The molecule has 0 N–H and O–H groups in total. The minimum Gasteiger partial charge on any atom is -0.475 e. The normalized spacial score (nSPS) is 17.3. The summed E-state index contributed by atoms with van der Waals surface area (Å²) in [6.45, 7) is 1.61. The predicted molar refractivity (Wildman–Crippen MR) is 97.4 cm³/mol. The van der Waals surface area contributed by atoms with Crippen molar-refractivity contribution in [2.45, 2.75) is 12.8 Å². The fraction of sp³-hybridized carbons (Fsp3) is 0.400. The van der Waals surface area contributed by atoms with Crippen LogP contribution in [0.2, 0.25) is 0 Å². The van der Waals surface area contributed by atoms with Crippen molar-refractivity contribution in [1.29, 1.82) is 0 Å². The highest BCUT2D eigenvalue weighted by Crippen LogP contribution is 2.33. The van der Waals surface area contributed by atoms with Crippen molar-refractivity contribution < 1.29 is 19.2 Å². The number of methoxy groups -OCH3 is 1. The average Bonchev–Trinajstić information content (AvgIpc) is 2.60. The first-order chi connectivity index (χ1) is 11.5. The number of carbonyl (C=O) groups is 1. The first-order valence-corrected chi connectivity index (χ1v) is 10.2. The summed E-state index contributed by atoms with van der Waals surface area (Å²) in [5, 5.41) is 11.3. The zero-order valence-corrected chi connectivity index (χ0v) is 15.5. The molecule has 0 spiro atoms. The Labute approximate surface area is 144 Å². The third-order valence-electron chi connectivity index (χ3n) is 3.63. The summed E-state index contributed by atoms with van der Waals surface area (Å²) in [7, 11) is 4.66. The van der Waals surface area contributed by atoms with Crippen LogP contribution < -0.4 is 4.74 Å². The summed E-state index contributed by atoms with van der Waals surface area (Å²) in [6, 6.07) is 4.75. The average molecular weight is 370 g/mol. The van der Waals surface area contributed by atoms with E-state index < -0.39 is 10.9 Å². The molecule has 1 fully saturated rings. The van der Waals surface area contributed by atoms with Gasteiger partial charge >= 0.3 is 11.7 Å². The van der Waals surface area contributed by atoms with Crippen molar-refractivity contribution in [3.63, 3.8) is 0 Å². The predicted octanol–water partition coefficient (Wildman–Crippen LogP) is 3.01. The largest absolute Gasteiger partial charge is 0.475 e. The van der Waals surface area contributed by atoms with Crippen LogP contribution in [0, 0.1) is 10.1 Å². The number of nitrogens with zero attached hydrogens (tertiary/aromatic N) is 2. The number of esters is 1. The van der Waals surface area contributed by atoms with Crippen molar-refractivity contribution >= 4 is 35.1 Å². The quantitative estimate of drug-likeness (QED) is 0.331. The van der Waals surface area contributed by atoms with Crippen LogP contribution in [0.25, 0.3) is 6.08 Å². The Hall–Kier alpha value is -1.55. The van der Waals surface area contributed by atoms with Gasteiger partial charge in [0.2, 0.25) is 0 Å². The van der Waals surface area contributed by atoms with Crippen LogP contribution in [0.5, 0.6) is 5.75 Å². The van der Waals surface area contributed by atoms with Crippen LogP contribution in [0.3, 0.4) is 0 Å². The highest BCUT2D eigenvalue weighted by molar-refractivity contribution is 8.01. The molecule has 0 radical (unpaired) electrons. The molecule has 0 bridgehead atoms. The fourth-order valence-corrected chi connectivity index (χ4v) is 3.69. The lowest BCUT2D eigenvalue weighted by molar-refractivity contribution is -0.385. The van der Waals surface area contributed by atoms with Crippen molar-refractivity contribution in [3.05, 3.63) is 39.4 Å². The number of benzene rings is 1. The van der Waals surface area contributed by atoms with E-state index in [1.54, 1.807) is 6.07 Å².